The summed E-state index contributed by atoms with van der Waals surface area (Å²) < 4.78 is 0. The Hall–Kier alpha value is -2.20. The maximum Gasteiger partial charge on any atom is 0.228 e. The largest absolute Gasteiger partial charge is 0.508 e. The van der Waals surface area contributed by atoms with Gasteiger partial charge in [0.15, 0.2) is 0 Å². The van der Waals surface area contributed by atoms with Gasteiger partial charge in [-0.15, -0.1) is 0 Å². The molecule has 0 unspecified atom stereocenters. The predicted molar refractivity (Wildman–Crippen MR) is 87.2 cm³/mol. The highest BCUT2D eigenvalue weighted by molar-refractivity contribution is 6.24. The molecule has 0 spiro atoms. The fraction of sp³-hybridized carbons (Fsp3) is 0.235. The quantitative estimate of drug-likeness (QED) is 0.642. The van der Waals surface area contributed by atoms with Gasteiger partial charge in [-0.3, -0.25) is 9.69 Å². The molecule has 0 aliphatic carbocycles. The first-order valence-electron chi connectivity index (χ1n) is 7.08. The highest BCUT2D eigenvalue weighted by atomic mass is 35.5. The Labute approximate surface area is 134 Å². The number of nitrogens with zero attached hydrogens (tertiary/aromatic N) is 1. The first-order chi connectivity index (χ1) is 10.6. The first-order valence-corrected chi connectivity index (χ1v) is 7.52. The SMILES string of the molecule is CCCC(=O)N(c1ccccc1O)[C@@H](Cl)c1ccccc1O. The number of anilines is 1. The summed E-state index contributed by atoms with van der Waals surface area (Å²) in [7, 11) is 0. The third kappa shape index (κ3) is 3.34. The van der Waals surface area contributed by atoms with E-state index in [1.165, 1.54) is 17.0 Å². The molecule has 5 heteroatoms. The topological polar surface area (TPSA) is 60.8 Å². The van der Waals surface area contributed by atoms with Gasteiger partial charge in [0, 0.05) is 12.0 Å². The molecule has 0 heterocycles. The monoisotopic (exact) mass is 319 g/mol. The molecule has 0 saturated carbocycles. The highest BCUT2D eigenvalue weighted by Gasteiger charge is 2.28. The van der Waals surface area contributed by atoms with Gasteiger partial charge in [-0.1, -0.05) is 48.9 Å². The number of phenolic OH excluding ortho intramolecular Hbond substituents is 2. The van der Waals surface area contributed by atoms with Gasteiger partial charge >= 0.3 is 0 Å². The zero-order chi connectivity index (χ0) is 16.1. The summed E-state index contributed by atoms with van der Waals surface area (Å²) in [5, 5.41) is 20.0. The molecule has 116 valence electrons. The number of carbonyl (C=O) groups is 1. The first kappa shape index (κ1) is 16.2. The Bertz CT molecular complexity index is 660. The summed E-state index contributed by atoms with van der Waals surface area (Å²) in [5.41, 5.74) is -0.172. The lowest BCUT2D eigenvalue weighted by Gasteiger charge is -2.29. The van der Waals surface area contributed by atoms with Crippen LogP contribution in [0.25, 0.3) is 0 Å². The molecular formula is C17H18ClNO3. The zero-order valence-corrected chi connectivity index (χ0v) is 13.0. The number of alkyl halides is 1. The Morgan fingerprint density at radius 2 is 1.68 bits per heavy atom. The van der Waals surface area contributed by atoms with Crippen LogP contribution in [-0.2, 0) is 4.79 Å². The predicted octanol–water partition coefficient (Wildman–Crippen LogP) is 4.17. The van der Waals surface area contributed by atoms with Gasteiger partial charge in [-0.25, -0.2) is 0 Å². The maximum absolute atomic E-state index is 12.5. The van der Waals surface area contributed by atoms with E-state index in [2.05, 4.69) is 0 Å². The van der Waals surface area contributed by atoms with Gasteiger partial charge in [-0.05, 0) is 24.6 Å². The van der Waals surface area contributed by atoms with Crippen LogP contribution in [-0.4, -0.2) is 16.1 Å². The Kier molecular flexibility index (Phi) is 5.28. The molecular weight excluding hydrogens is 302 g/mol. The lowest BCUT2D eigenvalue weighted by atomic mass is 10.1. The van der Waals surface area contributed by atoms with Crippen molar-refractivity contribution >= 4 is 23.2 Å². The summed E-state index contributed by atoms with van der Waals surface area (Å²) >= 11 is 6.45. The number of phenols is 2. The number of amides is 1. The smallest absolute Gasteiger partial charge is 0.228 e. The summed E-state index contributed by atoms with van der Waals surface area (Å²) in [4.78, 5) is 13.8. The van der Waals surface area contributed by atoms with Crippen LogP contribution in [0.2, 0.25) is 0 Å². The number of para-hydroxylation sites is 3. The van der Waals surface area contributed by atoms with Gasteiger partial charge in [0.2, 0.25) is 5.91 Å². The summed E-state index contributed by atoms with van der Waals surface area (Å²) in [6, 6.07) is 13.1. The van der Waals surface area contributed by atoms with E-state index in [1.54, 1.807) is 36.4 Å². The molecule has 22 heavy (non-hydrogen) atoms. The van der Waals surface area contributed by atoms with Crippen molar-refractivity contribution in [2.75, 3.05) is 4.90 Å². The van der Waals surface area contributed by atoms with Crippen LogP contribution in [0.15, 0.2) is 48.5 Å². The van der Waals surface area contributed by atoms with Crippen LogP contribution in [0.5, 0.6) is 11.5 Å². The minimum absolute atomic E-state index is 0.00668. The third-order valence-corrected chi connectivity index (χ3v) is 3.72. The summed E-state index contributed by atoms with van der Waals surface area (Å²) in [5.74, 6) is -0.243. The normalized spacial score (nSPS) is 11.9. The van der Waals surface area contributed by atoms with E-state index in [0.717, 1.165) is 0 Å². The number of benzene rings is 2. The van der Waals surface area contributed by atoms with Gasteiger partial charge in [0.05, 0.1) is 5.69 Å². The van der Waals surface area contributed by atoms with E-state index in [0.29, 0.717) is 24.1 Å². The minimum atomic E-state index is -0.909. The van der Waals surface area contributed by atoms with E-state index < -0.39 is 5.50 Å². The molecule has 1 amide bonds. The van der Waals surface area contributed by atoms with Crippen molar-refractivity contribution in [2.45, 2.75) is 25.3 Å². The summed E-state index contributed by atoms with van der Waals surface area (Å²) in [6.07, 6.45) is 0.957. The Balaban J connectivity index is 2.47. The van der Waals surface area contributed by atoms with Gasteiger partial charge < -0.3 is 10.2 Å². The fourth-order valence-electron chi connectivity index (χ4n) is 2.21. The molecule has 0 radical (unpaired) electrons. The van der Waals surface area contributed by atoms with Crippen LogP contribution in [0.4, 0.5) is 5.69 Å². The van der Waals surface area contributed by atoms with Gasteiger partial charge in [0.25, 0.3) is 0 Å². The third-order valence-electron chi connectivity index (χ3n) is 3.29. The molecule has 0 saturated heterocycles. The number of hydrogen-bond acceptors (Lipinski definition) is 3. The highest BCUT2D eigenvalue weighted by Crippen LogP contribution is 2.39. The Morgan fingerprint density at radius 3 is 2.27 bits per heavy atom. The van der Waals surface area contributed by atoms with Crippen LogP contribution in [0.3, 0.4) is 0 Å². The van der Waals surface area contributed by atoms with E-state index in [9.17, 15) is 15.0 Å². The number of carbonyl (C=O) groups excluding carboxylic acids is 1. The number of rotatable bonds is 5. The van der Waals surface area contributed by atoms with Crippen molar-refractivity contribution in [1.82, 2.24) is 0 Å². The molecule has 0 bridgehead atoms. The van der Waals surface area contributed by atoms with Crippen LogP contribution >= 0.6 is 11.6 Å². The van der Waals surface area contributed by atoms with Gasteiger partial charge in [0.1, 0.15) is 17.0 Å². The van der Waals surface area contributed by atoms with Crippen molar-refractivity contribution in [3.63, 3.8) is 0 Å². The van der Waals surface area contributed by atoms with Crippen LogP contribution < -0.4 is 4.90 Å². The van der Waals surface area contributed by atoms with Crippen LogP contribution in [0.1, 0.15) is 30.8 Å². The lowest BCUT2D eigenvalue weighted by Crippen LogP contribution is -2.32. The molecule has 2 aromatic carbocycles. The zero-order valence-electron chi connectivity index (χ0n) is 12.2. The second-order valence-electron chi connectivity index (χ2n) is 4.90. The van der Waals surface area contributed by atoms with E-state index >= 15 is 0 Å². The molecule has 2 N–H and O–H groups in total. The number of aromatic hydroxyl groups is 2. The molecule has 1 atom stereocenters. The Morgan fingerprint density at radius 1 is 1.09 bits per heavy atom. The molecule has 2 rings (SSSR count). The van der Waals surface area contributed by atoms with Crippen molar-refractivity contribution in [3.8, 4) is 11.5 Å². The van der Waals surface area contributed by atoms with E-state index in [4.69, 9.17) is 11.6 Å². The van der Waals surface area contributed by atoms with Crippen LogP contribution in [0, 0.1) is 0 Å². The fourth-order valence-corrected chi connectivity index (χ4v) is 2.61. The van der Waals surface area contributed by atoms with E-state index in [-0.39, 0.29) is 17.4 Å². The average molecular weight is 320 g/mol. The van der Waals surface area contributed by atoms with E-state index in [1.807, 2.05) is 6.92 Å². The minimum Gasteiger partial charge on any atom is -0.508 e. The number of hydrogen-bond donors (Lipinski definition) is 2. The van der Waals surface area contributed by atoms with Crippen molar-refractivity contribution in [3.05, 3.63) is 54.1 Å². The molecule has 2 aromatic rings. The average Bonchev–Trinajstić information content (AvgIpc) is 2.50. The second kappa shape index (κ2) is 7.18. The molecule has 0 aliphatic heterocycles. The van der Waals surface area contributed by atoms with Gasteiger partial charge in [-0.2, -0.15) is 0 Å². The van der Waals surface area contributed by atoms with Crippen molar-refractivity contribution in [2.24, 2.45) is 0 Å². The molecule has 0 fully saturated rings. The summed E-state index contributed by atoms with van der Waals surface area (Å²) in [6.45, 7) is 1.89. The molecule has 0 aliphatic rings. The van der Waals surface area contributed by atoms with Crippen molar-refractivity contribution in [1.29, 1.82) is 0 Å². The molecule has 0 aromatic heterocycles. The maximum atomic E-state index is 12.5. The standard InChI is InChI=1S/C17H18ClNO3/c1-2-7-16(22)19(13-9-4-6-11-15(13)21)17(18)12-8-3-5-10-14(12)20/h3-6,8-11,17,20-21H,2,7H2,1H3/t17-/m1/s1. The lowest BCUT2D eigenvalue weighted by molar-refractivity contribution is -0.118. The number of halogens is 1. The second-order valence-corrected chi connectivity index (χ2v) is 5.31. The van der Waals surface area contributed by atoms with Crippen molar-refractivity contribution < 1.29 is 15.0 Å². The molecule has 4 nitrogen and oxygen atoms in total.